The van der Waals surface area contributed by atoms with Crippen molar-refractivity contribution in [1.82, 2.24) is 0 Å². The lowest BCUT2D eigenvalue weighted by molar-refractivity contribution is 0.591. The Morgan fingerprint density at radius 2 is 1.70 bits per heavy atom. The van der Waals surface area contributed by atoms with Gasteiger partial charge >= 0.3 is 0 Å². The second-order valence-corrected chi connectivity index (χ2v) is 6.27. The van der Waals surface area contributed by atoms with Crippen molar-refractivity contribution in [3.05, 3.63) is 68.4 Å². The van der Waals surface area contributed by atoms with Crippen molar-refractivity contribution in [2.45, 2.75) is 33.2 Å². The fourth-order valence-corrected chi connectivity index (χ4v) is 3.14. The fraction of sp³-hybridized carbons (Fsp3) is 0.294. The van der Waals surface area contributed by atoms with Gasteiger partial charge in [-0.15, -0.1) is 0 Å². The quantitative estimate of drug-likeness (QED) is 0.860. The minimum atomic E-state index is -0.211. The molecule has 0 radical (unpaired) electrons. The van der Waals surface area contributed by atoms with Crippen LogP contribution in [-0.4, -0.2) is 0 Å². The van der Waals surface area contributed by atoms with E-state index >= 15 is 0 Å². The van der Waals surface area contributed by atoms with Crippen LogP contribution >= 0.6 is 15.9 Å². The Bertz CT molecular complexity index is 614. The molecule has 0 aliphatic carbocycles. The summed E-state index contributed by atoms with van der Waals surface area (Å²) in [6.45, 7) is 6.20. The van der Waals surface area contributed by atoms with Crippen molar-refractivity contribution in [3.8, 4) is 0 Å². The molecule has 1 unspecified atom stereocenters. The van der Waals surface area contributed by atoms with Crippen molar-refractivity contribution in [1.29, 1.82) is 0 Å². The number of hydrogen-bond acceptors (Lipinski definition) is 1. The number of halogens is 2. The molecule has 0 saturated carbocycles. The van der Waals surface area contributed by atoms with Crippen LogP contribution in [0.1, 0.15) is 33.9 Å². The predicted molar refractivity (Wildman–Crippen MR) is 85.4 cm³/mol. The van der Waals surface area contributed by atoms with Gasteiger partial charge in [-0.05, 0) is 61.6 Å². The van der Waals surface area contributed by atoms with E-state index in [1.165, 1.54) is 22.8 Å². The summed E-state index contributed by atoms with van der Waals surface area (Å²) >= 11 is 3.27. The van der Waals surface area contributed by atoms with Gasteiger partial charge in [0.25, 0.3) is 0 Å². The molecule has 1 nitrogen and oxygen atoms in total. The van der Waals surface area contributed by atoms with Crippen LogP contribution in [0, 0.1) is 26.6 Å². The van der Waals surface area contributed by atoms with Crippen molar-refractivity contribution < 1.29 is 4.39 Å². The fourth-order valence-electron chi connectivity index (χ4n) is 2.80. The van der Waals surface area contributed by atoms with Crippen LogP contribution in [-0.2, 0) is 6.42 Å². The van der Waals surface area contributed by atoms with Crippen LogP contribution in [0.2, 0.25) is 0 Å². The molecular weight excluding hydrogens is 317 g/mol. The smallest absolute Gasteiger partial charge is 0.127 e. The lowest BCUT2D eigenvalue weighted by atomic mass is 9.91. The highest BCUT2D eigenvalue weighted by Crippen LogP contribution is 2.26. The standard InChI is InChI=1S/C17H19BrFN/c1-10-6-11(2)17(12(3)7-10)16(20)8-13-4-5-14(18)9-15(13)19/h4-7,9,16H,8,20H2,1-3H3. The van der Waals surface area contributed by atoms with Gasteiger partial charge in [0.05, 0.1) is 0 Å². The Balaban J connectivity index is 2.31. The van der Waals surface area contributed by atoms with Crippen molar-refractivity contribution in [2.75, 3.05) is 0 Å². The first-order valence-electron chi connectivity index (χ1n) is 6.65. The average Bonchev–Trinajstić information content (AvgIpc) is 2.31. The first-order valence-corrected chi connectivity index (χ1v) is 7.45. The second kappa shape index (κ2) is 6.06. The molecule has 0 saturated heterocycles. The van der Waals surface area contributed by atoms with Gasteiger partial charge in [0.1, 0.15) is 5.82 Å². The summed E-state index contributed by atoms with van der Waals surface area (Å²) in [5.41, 5.74) is 11.7. The van der Waals surface area contributed by atoms with Gasteiger partial charge in [-0.2, -0.15) is 0 Å². The lowest BCUT2D eigenvalue weighted by Crippen LogP contribution is -2.17. The largest absolute Gasteiger partial charge is 0.324 e. The summed E-state index contributed by atoms with van der Waals surface area (Å²) in [7, 11) is 0. The van der Waals surface area contributed by atoms with E-state index in [2.05, 4.69) is 48.8 Å². The van der Waals surface area contributed by atoms with Crippen molar-refractivity contribution >= 4 is 15.9 Å². The minimum absolute atomic E-state index is 0.189. The van der Waals surface area contributed by atoms with Gasteiger partial charge in [-0.3, -0.25) is 0 Å². The Morgan fingerprint density at radius 3 is 2.25 bits per heavy atom. The first kappa shape index (κ1) is 15.2. The van der Waals surface area contributed by atoms with Crippen LogP contribution in [0.5, 0.6) is 0 Å². The molecule has 2 N–H and O–H groups in total. The molecule has 0 bridgehead atoms. The molecule has 0 fully saturated rings. The van der Waals surface area contributed by atoms with E-state index in [1.807, 2.05) is 6.07 Å². The molecule has 106 valence electrons. The molecule has 2 aromatic carbocycles. The molecule has 2 aromatic rings. The molecule has 0 aromatic heterocycles. The second-order valence-electron chi connectivity index (χ2n) is 5.36. The Hall–Kier alpha value is -1.19. The Kier molecular flexibility index (Phi) is 4.61. The monoisotopic (exact) mass is 335 g/mol. The molecular formula is C17H19BrFN. The van der Waals surface area contributed by atoms with E-state index in [-0.39, 0.29) is 11.9 Å². The van der Waals surface area contributed by atoms with Crippen LogP contribution in [0.3, 0.4) is 0 Å². The lowest BCUT2D eigenvalue weighted by Gasteiger charge is -2.19. The normalized spacial score (nSPS) is 12.5. The summed E-state index contributed by atoms with van der Waals surface area (Å²) in [6.07, 6.45) is 0.504. The molecule has 20 heavy (non-hydrogen) atoms. The summed E-state index contributed by atoms with van der Waals surface area (Å²) in [5, 5.41) is 0. The molecule has 0 aliphatic heterocycles. The van der Waals surface area contributed by atoms with E-state index in [4.69, 9.17) is 5.73 Å². The Labute approximate surface area is 128 Å². The zero-order chi connectivity index (χ0) is 14.9. The summed E-state index contributed by atoms with van der Waals surface area (Å²) < 4.78 is 14.7. The van der Waals surface area contributed by atoms with Gasteiger partial charge in [-0.1, -0.05) is 39.7 Å². The van der Waals surface area contributed by atoms with Crippen molar-refractivity contribution in [2.24, 2.45) is 5.73 Å². The third kappa shape index (κ3) is 3.28. The predicted octanol–water partition coefficient (Wildman–Crippen LogP) is 4.76. The Morgan fingerprint density at radius 1 is 1.10 bits per heavy atom. The average molecular weight is 336 g/mol. The highest BCUT2D eigenvalue weighted by Gasteiger charge is 2.15. The maximum atomic E-state index is 13.9. The molecule has 3 heteroatoms. The third-order valence-corrected chi connectivity index (χ3v) is 4.06. The van der Waals surface area contributed by atoms with E-state index in [1.54, 1.807) is 6.07 Å². The maximum absolute atomic E-state index is 13.9. The summed E-state index contributed by atoms with van der Waals surface area (Å²) in [5.74, 6) is -0.211. The SMILES string of the molecule is Cc1cc(C)c(C(N)Cc2ccc(Br)cc2F)c(C)c1. The van der Waals surface area contributed by atoms with Crippen LogP contribution in [0.4, 0.5) is 4.39 Å². The summed E-state index contributed by atoms with van der Waals surface area (Å²) in [6, 6.07) is 9.18. The topological polar surface area (TPSA) is 26.0 Å². The molecule has 2 rings (SSSR count). The number of aryl methyl sites for hydroxylation is 3. The van der Waals surface area contributed by atoms with Gasteiger partial charge in [-0.25, -0.2) is 4.39 Å². The first-order chi connectivity index (χ1) is 9.38. The summed E-state index contributed by atoms with van der Waals surface area (Å²) in [4.78, 5) is 0. The van der Waals surface area contributed by atoms with E-state index in [0.717, 1.165) is 10.0 Å². The number of hydrogen-bond donors (Lipinski definition) is 1. The van der Waals surface area contributed by atoms with Crippen LogP contribution < -0.4 is 5.73 Å². The molecule has 0 heterocycles. The van der Waals surface area contributed by atoms with Crippen LogP contribution in [0.25, 0.3) is 0 Å². The molecule has 0 amide bonds. The number of benzene rings is 2. The van der Waals surface area contributed by atoms with Crippen molar-refractivity contribution in [3.63, 3.8) is 0 Å². The molecule has 0 spiro atoms. The number of rotatable bonds is 3. The van der Waals surface area contributed by atoms with Crippen LogP contribution in [0.15, 0.2) is 34.8 Å². The highest BCUT2D eigenvalue weighted by molar-refractivity contribution is 9.10. The van der Waals surface area contributed by atoms with E-state index in [9.17, 15) is 4.39 Å². The zero-order valence-corrected chi connectivity index (χ0v) is 13.6. The zero-order valence-electron chi connectivity index (χ0n) is 12.0. The van der Waals surface area contributed by atoms with Gasteiger partial charge < -0.3 is 5.73 Å². The molecule has 0 aliphatic rings. The minimum Gasteiger partial charge on any atom is -0.324 e. The van der Waals surface area contributed by atoms with Gasteiger partial charge in [0.2, 0.25) is 0 Å². The van der Waals surface area contributed by atoms with Gasteiger partial charge in [0.15, 0.2) is 0 Å². The maximum Gasteiger partial charge on any atom is 0.127 e. The van der Waals surface area contributed by atoms with E-state index in [0.29, 0.717) is 12.0 Å². The van der Waals surface area contributed by atoms with E-state index < -0.39 is 0 Å². The highest BCUT2D eigenvalue weighted by atomic mass is 79.9. The molecule has 1 atom stereocenters. The third-order valence-electron chi connectivity index (χ3n) is 3.56. The van der Waals surface area contributed by atoms with Gasteiger partial charge in [0, 0.05) is 10.5 Å². The number of nitrogens with two attached hydrogens (primary N) is 1.